The number of carbonyl (C=O) groups is 1. The molecule has 0 spiro atoms. The van der Waals surface area contributed by atoms with Crippen LogP contribution in [0.5, 0.6) is 5.75 Å². The highest BCUT2D eigenvalue weighted by Gasteiger charge is 2.40. The van der Waals surface area contributed by atoms with Gasteiger partial charge >= 0.3 is 0 Å². The molecule has 3 aromatic rings. The average molecular weight is 426 g/mol. The van der Waals surface area contributed by atoms with Crippen molar-refractivity contribution in [2.24, 2.45) is 0 Å². The lowest BCUT2D eigenvalue weighted by Gasteiger charge is -2.24. The third-order valence-electron chi connectivity index (χ3n) is 5.30. The predicted molar refractivity (Wildman–Crippen MR) is 115 cm³/mol. The fraction of sp³-hybridized carbons (Fsp3) is 0.273. The summed E-state index contributed by atoms with van der Waals surface area (Å²) in [5.74, 6) is 0.160. The predicted octanol–water partition coefficient (Wildman–Crippen LogP) is 3.34. The molecule has 1 N–H and O–H groups in total. The average Bonchev–Trinajstić information content (AvgIpc) is 3.24. The largest absolute Gasteiger partial charge is 0.495 e. The molecule has 0 bridgehead atoms. The summed E-state index contributed by atoms with van der Waals surface area (Å²) in [7, 11) is -2.37. The number of hydrogen-bond donors (Lipinski definition) is 1. The van der Waals surface area contributed by atoms with Crippen molar-refractivity contribution in [3.63, 3.8) is 0 Å². The van der Waals surface area contributed by atoms with Gasteiger partial charge in [0.15, 0.2) is 0 Å². The van der Waals surface area contributed by atoms with Crippen LogP contribution in [-0.2, 0) is 14.8 Å². The molecule has 1 aliphatic rings. The van der Waals surface area contributed by atoms with Crippen LogP contribution in [0.15, 0.2) is 59.6 Å². The van der Waals surface area contributed by atoms with E-state index >= 15 is 0 Å². The van der Waals surface area contributed by atoms with Gasteiger partial charge in [-0.3, -0.25) is 9.78 Å². The number of ether oxygens (including phenoxy) is 1. The molecule has 2 heterocycles. The number of sulfonamides is 1. The number of pyridine rings is 1. The minimum Gasteiger partial charge on any atom is -0.495 e. The van der Waals surface area contributed by atoms with E-state index in [1.165, 1.54) is 11.4 Å². The Morgan fingerprint density at radius 2 is 2.00 bits per heavy atom. The highest BCUT2D eigenvalue weighted by molar-refractivity contribution is 7.89. The first-order valence-electron chi connectivity index (χ1n) is 9.73. The molecular formula is C22H23N3O4S. The Kier molecular flexibility index (Phi) is 5.44. The molecule has 0 unspecified atom stereocenters. The third-order valence-corrected chi connectivity index (χ3v) is 7.24. The van der Waals surface area contributed by atoms with E-state index in [4.69, 9.17) is 4.74 Å². The van der Waals surface area contributed by atoms with Crippen molar-refractivity contribution >= 4 is 32.5 Å². The first kappa shape index (κ1) is 20.3. The summed E-state index contributed by atoms with van der Waals surface area (Å²) in [4.78, 5) is 17.4. The molecule has 1 amide bonds. The number of fused-ring (bicyclic) bond motifs is 1. The van der Waals surface area contributed by atoms with Gasteiger partial charge in [-0.05, 0) is 49.6 Å². The lowest BCUT2D eigenvalue weighted by molar-refractivity contribution is -0.119. The molecule has 1 saturated heterocycles. The topological polar surface area (TPSA) is 88.6 Å². The summed E-state index contributed by atoms with van der Waals surface area (Å²) in [6, 6.07) is 13.3. The van der Waals surface area contributed by atoms with Gasteiger partial charge in [0.2, 0.25) is 15.9 Å². The van der Waals surface area contributed by atoms with Gasteiger partial charge in [0.25, 0.3) is 0 Å². The number of amides is 1. The van der Waals surface area contributed by atoms with Gasteiger partial charge in [0.1, 0.15) is 16.7 Å². The monoisotopic (exact) mass is 425 g/mol. The third kappa shape index (κ3) is 3.64. The van der Waals surface area contributed by atoms with E-state index in [0.29, 0.717) is 29.8 Å². The number of rotatable bonds is 5. The first-order valence-corrected chi connectivity index (χ1v) is 11.2. The molecule has 4 rings (SSSR count). The molecular weight excluding hydrogens is 402 g/mol. The summed E-state index contributed by atoms with van der Waals surface area (Å²) < 4.78 is 33.6. The number of aromatic nitrogens is 1. The fourth-order valence-corrected chi connectivity index (χ4v) is 5.66. The molecule has 1 atom stereocenters. The van der Waals surface area contributed by atoms with Crippen LogP contribution in [0.3, 0.4) is 0 Å². The molecule has 7 nitrogen and oxygen atoms in total. The highest BCUT2D eigenvalue weighted by atomic mass is 32.2. The quantitative estimate of drug-likeness (QED) is 0.677. The second-order valence-corrected chi connectivity index (χ2v) is 9.16. The van der Waals surface area contributed by atoms with Crippen molar-refractivity contribution in [1.82, 2.24) is 9.29 Å². The van der Waals surface area contributed by atoms with E-state index < -0.39 is 16.1 Å². The Bertz CT molecular complexity index is 1200. The number of benzene rings is 2. The number of carbonyl (C=O) groups excluding carboxylic acids is 1. The number of aryl methyl sites for hydroxylation is 1. The zero-order valence-corrected chi connectivity index (χ0v) is 17.6. The van der Waals surface area contributed by atoms with Crippen molar-refractivity contribution in [2.45, 2.75) is 30.7 Å². The van der Waals surface area contributed by atoms with Gasteiger partial charge in [0.05, 0.1) is 18.3 Å². The summed E-state index contributed by atoms with van der Waals surface area (Å²) in [6.45, 7) is 2.20. The van der Waals surface area contributed by atoms with Crippen molar-refractivity contribution in [3.8, 4) is 5.75 Å². The smallest absolute Gasteiger partial charge is 0.245 e. The van der Waals surface area contributed by atoms with Crippen LogP contribution in [0, 0.1) is 6.92 Å². The second-order valence-electron chi connectivity index (χ2n) is 7.30. The maximum atomic E-state index is 13.5. The van der Waals surface area contributed by atoms with Crippen LogP contribution in [0.25, 0.3) is 10.9 Å². The molecule has 1 aliphatic heterocycles. The summed E-state index contributed by atoms with van der Waals surface area (Å²) in [5.41, 5.74) is 1.90. The maximum Gasteiger partial charge on any atom is 0.245 e. The van der Waals surface area contributed by atoms with Crippen LogP contribution in [-0.4, -0.2) is 43.3 Å². The zero-order valence-electron chi connectivity index (χ0n) is 16.8. The Labute approximate surface area is 175 Å². The minimum absolute atomic E-state index is 0.119. The number of anilines is 1. The molecule has 30 heavy (non-hydrogen) atoms. The van der Waals surface area contributed by atoms with Gasteiger partial charge < -0.3 is 10.1 Å². The van der Waals surface area contributed by atoms with Crippen molar-refractivity contribution in [3.05, 3.63) is 60.3 Å². The van der Waals surface area contributed by atoms with E-state index in [-0.39, 0.29) is 17.3 Å². The molecule has 0 aliphatic carbocycles. The molecule has 1 fully saturated rings. The lowest BCUT2D eigenvalue weighted by atomic mass is 10.1. The summed E-state index contributed by atoms with van der Waals surface area (Å²) in [5, 5.41) is 3.59. The van der Waals surface area contributed by atoms with Crippen molar-refractivity contribution in [1.29, 1.82) is 0 Å². The van der Waals surface area contributed by atoms with Gasteiger partial charge in [-0.25, -0.2) is 8.42 Å². The molecule has 1 aromatic heterocycles. The molecule has 8 heteroatoms. The summed E-state index contributed by atoms with van der Waals surface area (Å²) >= 11 is 0. The lowest BCUT2D eigenvalue weighted by Crippen LogP contribution is -2.43. The number of para-hydroxylation sites is 1. The van der Waals surface area contributed by atoms with Gasteiger partial charge in [-0.1, -0.05) is 24.3 Å². The van der Waals surface area contributed by atoms with E-state index in [1.807, 2.05) is 25.1 Å². The fourth-order valence-electron chi connectivity index (χ4n) is 3.84. The van der Waals surface area contributed by atoms with E-state index in [0.717, 1.165) is 10.9 Å². The number of methoxy groups -OCH3 is 1. The molecule has 0 radical (unpaired) electrons. The maximum absolute atomic E-state index is 13.5. The SMILES string of the molecule is COc1ccc(C)cc1NC(=O)[C@@H]1CCCN1S(=O)(=O)c1cccc2cccnc12. The zero-order chi connectivity index (χ0) is 21.3. The van der Waals surface area contributed by atoms with Gasteiger partial charge in [0, 0.05) is 18.1 Å². The van der Waals surface area contributed by atoms with Gasteiger partial charge in [-0.2, -0.15) is 4.31 Å². The standard InChI is InChI=1S/C22H23N3O4S/c1-15-10-11-19(29-2)17(14-15)24-22(26)18-8-5-13-25(18)30(27,28)20-9-3-6-16-7-4-12-23-21(16)20/h3-4,6-7,9-12,14,18H,5,8,13H2,1-2H3,(H,24,26)/t18-/m0/s1. The number of nitrogens with one attached hydrogen (secondary N) is 1. The normalized spacial score (nSPS) is 17.2. The molecule has 156 valence electrons. The van der Waals surface area contributed by atoms with Crippen LogP contribution in [0.4, 0.5) is 5.69 Å². The highest BCUT2D eigenvalue weighted by Crippen LogP contribution is 2.31. The summed E-state index contributed by atoms with van der Waals surface area (Å²) in [6.07, 6.45) is 2.64. The van der Waals surface area contributed by atoms with Gasteiger partial charge in [-0.15, -0.1) is 0 Å². The van der Waals surface area contributed by atoms with E-state index in [9.17, 15) is 13.2 Å². The van der Waals surface area contributed by atoms with Crippen LogP contribution in [0.2, 0.25) is 0 Å². The minimum atomic E-state index is -3.90. The Morgan fingerprint density at radius 3 is 2.80 bits per heavy atom. The number of hydrogen-bond acceptors (Lipinski definition) is 5. The van der Waals surface area contributed by atoms with E-state index in [1.54, 1.807) is 36.5 Å². The van der Waals surface area contributed by atoms with Crippen molar-refractivity contribution in [2.75, 3.05) is 19.0 Å². The second kappa shape index (κ2) is 8.04. The first-order chi connectivity index (χ1) is 14.4. The van der Waals surface area contributed by atoms with Crippen LogP contribution >= 0.6 is 0 Å². The van der Waals surface area contributed by atoms with E-state index in [2.05, 4.69) is 10.3 Å². The number of nitrogens with zero attached hydrogens (tertiary/aromatic N) is 2. The Balaban J connectivity index is 1.66. The Hall–Kier alpha value is -2.97. The van der Waals surface area contributed by atoms with Crippen LogP contribution < -0.4 is 10.1 Å². The Morgan fingerprint density at radius 1 is 1.20 bits per heavy atom. The van der Waals surface area contributed by atoms with Crippen molar-refractivity contribution < 1.29 is 17.9 Å². The van der Waals surface area contributed by atoms with Crippen LogP contribution in [0.1, 0.15) is 18.4 Å². The molecule has 0 saturated carbocycles. The molecule has 2 aromatic carbocycles.